The van der Waals surface area contributed by atoms with E-state index < -0.39 is 0 Å². The van der Waals surface area contributed by atoms with E-state index >= 15 is 0 Å². The summed E-state index contributed by atoms with van der Waals surface area (Å²) < 4.78 is 0. The van der Waals surface area contributed by atoms with Crippen LogP contribution < -0.4 is 0 Å². The molecule has 0 saturated carbocycles. The number of benzene rings is 1. The number of halogens is 2. The van der Waals surface area contributed by atoms with Crippen LogP contribution in [0, 0.1) is 0 Å². The van der Waals surface area contributed by atoms with Crippen LogP contribution in [-0.4, -0.2) is 0 Å². The van der Waals surface area contributed by atoms with Crippen LogP contribution in [-0.2, 0) is 5.41 Å². The van der Waals surface area contributed by atoms with Gasteiger partial charge in [0.05, 0.1) is 0 Å². The van der Waals surface area contributed by atoms with Crippen LogP contribution in [0.5, 0.6) is 0 Å². The van der Waals surface area contributed by atoms with Gasteiger partial charge in [0, 0.05) is 10.0 Å². The van der Waals surface area contributed by atoms with E-state index in [0.29, 0.717) is 0 Å². The first-order valence-electron chi connectivity index (χ1n) is 8.49. The molecule has 1 aromatic rings. The molecule has 1 rings (SSSR count). The van der Waals surface area contributed by atoms with Crippen molar-refractivity contribution in [1.82, 2.24) is 0 Å². The predicted molar refractivity (Wildman–Crippen MR) is 96.7 cm³/mol. The summed E-state index contributed by atoms with van der Waals surface area (Å²) in [6.45, 7) is 6.85. The van der Waals surface area contributed by atoms with Gasteiger partial charge in [0.25, 0.3) is 0 Å². The van der Waals surface area contributed by atoms with Crippen LogP contribution in [0.2, 0.25) is 10.0 Å². The second kappa shape index (κ2) is 9.74. The monoisotopic (exact) mass is 328 g/mol. The summed E-state index contributed by atoms with van der Waals surface area (Å²) in [5, 5.41) is 1.66. The van der Waals surface area contributed by atoms with Crippen LogP contribution in [0.25, 0.3) is 0 Å². The van der Waals surface area contributed by atoms with Gasteiger partial charge in [0.2, 0.25) is 0 Å². The third-order valence-electron chi connectivity index (χ3n) is 4.48. The molecule has 0 fully saturated rings. The second-order valence-corrected chi connectivity index (χ2v) is 7.24. The number of rotatable bonds is 10. The second-order valence-electron chi connectivity index (χ2n) is 6.43. The Morgan fingerprint density at radius 1 is 0.810 bits per heavy atom. The summed E-state index contributed by atoms with van der Waals surface area (Å²) >= 11 is 12.9. The minimum absolute atomic E-state index is 0.109. The van der Waals surface area contributed by atoms with Crippen molar-refractivity contribution in [3.8, 4) is 0 Å². The molecule has 120 valence electrons. The van der Waals surface area contributed by atoms with E-state index in [1.807, 2.05) is 18.2 Å². The molecule has 0 heterocycles. The first-order chi connectivity index (χ1) is 10.0. The minimum Gasteiger partial charge on any atom is -0.0840 e. The van der Waals surface area contributed by atoms with Crippen molar-refractivity contribution in [3.05, 3.63) is 33.8 Å². The topological polar surface area (TPSA) is 0 Å². The third kappa shape index (κ3) is 5.83. The third-order valence-corrected chi connectivity index (χ3v) is 5.11. The molecule has 0 aromatic heterocycles. The van der Waals surface area contributed by atoms with E-state index in [1.165, 1.54) is 57.8 Å². The Kier molecular flexibility index (Phi) is 8.74. The van der Waals surface area contributed by atoms with Gasteiger partial charge in [-0.2, -0.15) is 0 Å². The molecule has 0 saturated heterocycles. The molecule has 0 aliphatic carbocycles. The van der Waals surface area contributed by atoms with Crippen LogP contribution in [0.3, 0.4) is 0 Å². The lowest BCUT2D eigenvalue weighted by atomic mass is 9.74. The Bertz CT molecular complexity index is 394. The first-order valence-corrected chi connectivity index (χ1v) is 9.25. The van der Waals surface area contributed by atoms with Gasteiger partial charge in [-0.3, -0.25) is 0 Å². The Morgan fingerprint density at radius 2 is 1.33 bits per heavy atom. The van der Waals surface area contributed by atoms with Crippen molar-refractivity contribution >= 4 is 23.2 Å². The lowest BCUT2D eigenvalue weighted by Gasteiger charge is -2.32. The summed E-state index contributed by atoms with van der Waals surface area (Å²) in [5.41, 5.74) is 1.27. The highest BCUT2D eigenvalue weighted by atomic mass is 35.5. The SMILES string of the molecule is CCCCCCCC(C)(CCCC)c1c(Cl)cccc1Cl. The molecule has 0 amide bonds. The van der Waals surface area contributed by atoms with E-state index in [9.17, 15) is 0 Å². The molecule has 0 aliphatic heterocycles. The Balaban J connectivity index is 2.82. The smallest absolute Gasteiger partial charge is 0.0458 e. The largest absolute Gasteiger partial charge is 0.0840 e. The molecule has 1 aromatic carbocycles. The predicted octanol–water partition coefficient (Wildman–Crippen LogP) is 7.80. The summed E-state index contributed by atoms with van der Waals surface area (Å²) in [7, 11) is 0. The lowest BCUT2D eigenvalue weighted by Crippen LogP contribution is -2.23. The van der Waals surface area contributed by atoms with Crippen LogP contribution in [0.15, 0.2) is 18.2 Å². The minimum atomic E-state index is 0.109. The maximum atomic E-state index is 6.47. The van der Waals surface area contributed by atoms with Crippen molar-refractivity contribution in [2.24, 2.45) is 0 Å². The molecule has 1 unspecified atom stereocenters. The zero-order valence-corrected chi connectivity index (χ0v) is 15.4. The fraction of sp³-hybridized carbons (Fsp3) is 0.684. The van der Waals surface area contributed by atoms with Gasteiger partial charge in [0.1, 0.15) is 0 Å². The van der Waals surface area contributed by atoms with Gasteiger partial charge in [-0.05, 0) is 36.0 Å². The summed E-state index contributed by atoms with van der Waals surface area (Å²) in [4.78, 5) is 0. The molecule has 21 heavy (non-hydrogen) atoms. The Hall–Kier alpha value is -0.200. The van der Waals surface area contributed by atoms with E-state index in [-0.39, 0.29) is 5.41 Å². The molecule has 0 bridgehead atoms. The quantitative estimate of drug-likeness (QED) is 0.384. The average Bonchev–Trinajstić information content (AvgIpc) is 2.45. The summed E-state index contributed by atoms with van der Waals surface area (Å²) in [6, 6.07) is 5.89. The normalized spacial score (nSPS) is 14.1. The zero-order chi connectivity index (χ0) is 15.7. The molecule has 0 radical (unpaired) electrons. The molecule has 0 spiro atoms. The van der Waals surface area contributed by atoms with Crippen molar-refractivity contribution in [3.63, 3.8) is 0 Å². The lowest BCUT2D eigenvalue weighted by molar-refractivity contribution is 0.368. The van der Waals surface area contributed by atoms with Crippen LogP contribution >= 0.6 is 23.2 Å². The summed E-state index contributed by atoms with van der Waals surface area (Å²) in [6.07, 6.45) is 11.4. The Morgan fingerprint density at radius 3 is 1.90 bits per heavy atom. The van der Waals surface area contributed by atoms with Gasteiger partial charge in [-0.15, -0.1) is 0 Å². The highest BCUT2D eigenvalue weighted by molar-refractivity contribution is 6.36. The standard InChI is InChI=1S/C19H30Cl2/c1-4-6-8-9-10-15-19(3,14-7-5-2)18-16(20)12-11-13-17(18)21/h11-13H,4-10,14-15H2,1-3H3. The van der Waals surface area contributed by atoms with Gasteiger partial charge >= 0.3 is 0 Å². The van der Waals surface area contributed by atoms with Crippen LogP contribution in [0.4, 0.5) is 0 Å². The number of unbranched alkanes of at least 4 members (excludes halogenated alkanes) is 5. The van der Waals surface area contributed by atoms with Crippen molar-refractivity contribution in [2.75, 3.05) is 0 Å². The van der Waals surface area contributed by atoms with Crippen molar-refractivity contribution < 1.29 is 0 Å². The first kappa shape index (κ1) is 18.8. The molecule has 1 atom stereocenters. The van der Waals surface area contributed by atoms with Crippen molar-refractivity contribution in [1.29, 1.82) is 0 Å². The van der Waals surface area contributed by atoms with Crippen molar-refractivity contribution in [2.45, 2.75) is 84.0 Å². The van der Waals surface area contributed by atoms with E-state index in [2.05, 4.69) is 20.8 Å². The fourth-order valence-electron chi connectivity index (χ4n) is 3.14. The number of hydrogen-bond donors (Lipinski definition) is 0. The summed E-state index contributed by atoms with van der Waals surface area (Å²) in [5.74, 6) is 0. The molecule has 0 nitrogen and oxygen atoms in total. The maximum absolute atomic E-state index is 6.47. The maximum Gasteiger partial charge on any atom is 0.0458 e. The van der Waals surface area contributed by atoms with Gasteiger partial charge in [-0.1, -0.05) is 95.0 Å². The fourth-order valence-corrected chi connectivity index (χ4v) is 3.99. The van der Waals surface area contributed by atoms with E-state index in [0.717, 1.165) is 15.6 Å². The molecular weight excluding hydrogens is 299 g/mol. The van der Waals surface area contributed by atoms with E-state index in [4.69, 9.17) is 23.2 Å². The molecule has 2 heteroatoms. The molecule has 0 aliphatic rings. The average molecular weight is 329 g/mol. The Labute approximate surface area is 141 Å². The highest BCUT2D eigenvalue weighted by Gasteiger charge is 2.29. The van der Waals surface area contributed by atoms with Crippen LogP contribution in [0.1, 0.15) is 84.1 Å². The molecular formula is C19H30Cl2. The highest BCUT2D eigenvalue weighted by Crippen LogP contribution is 2.42. The number of hydrogen-bond acceptors (Lipinski definition) is 0. The van der Waals surface area contributed by atoms with E-state index in [1.54, 1.807) is 0 Å². The zero-order valence-electron chi connectivity index (χ0n) is 13.9. The van der Waals surface area contributed by atoms with Gasteiger partial charge in [0.15, 0.2) is 0 Å². The van der Waals surface area contributed by atoms with Gasteiger partial charge in [-0.25, -0.2) is 0 Å². The molecule has 0 N–H and O–H groups in total. The van der Waals surface area contributed by atoms with Gasteiger partial charge < -0.3 is 0 Å².